The fourth-order valence-corrected chi connectivity index (χ4v) is 4.12. The van der Waals surface area contributed by atoms with E-state index in [-0.39, 0.29) is 0 Å². The Labute approximate surface area is 142 Å². The van der Waals surface area contributed by atoms with Gasteiger partial charge in [-0.1, -0.05) is 54.5 Å². The van der Waals surface area contributed by atoms with E-state index < -0.39 is 0 Å². The molecule has 0 aromatic heterocycles. The second-order valence-electron chi connectivity index (χ2n) is 6.90. The molecule has 0 aromatic rings. The topological polar surface area (TPSA) is 3.24 Å². The Morgan fingerprint density at radius 2 is 1.41 bits per heavy atom. The predicted molar refractivity (Wildman–Crippen MR) is 107 cm³/mol. The van der Waals surface area contributed by atoms with Crippen LogP contribution in [0.25, 0.3) is 0 Å². The van der Waals surface area contributed by atoms with Crippen LogP contribution in [0.15, 0.2) is 25.8 Å². The second-order valence-corrected chi connectivity index (χ2v) is 6.90. The quantitative estimate of drug-likeness (QED) is 0.444. The number of hydrogen-bond donors (Lipinski definition) is 0. The van der Waals surface area contributed by atoms with Crippen molar-refractivity contribution in [3.8, 4) is 0 Å². The van der Waals surface area contributed by atoms with Gasteiger partial charge in [0.05, 0.1) is 0 Å². The highest BCUT2D eigenvalue weighted by molar-refractivity contribution is 5.07. The summed E-state index contributed by atoms with van der Waals surface area (Å²) in [6.07, 6.45) is 3.19. The third-order valence-corrected chi connectivity index (χ3v) is 4.21. The summed E-state index contributed by atoms with van der Waals surface area (Å²) in [7, 11) is 0. The van der Waals surface area contributed by atoms with Gasteiger partial charge < -0.3 is 0 Å². The molecule has 0 aromatic carbocycles. The van der Waals surface area contributed by atoms with Crippen molar-refractivity contribution in [3.63, 3.8) is 0 Å². The van der Waals surface area contributed by atoms with Crippen LogP contribution in [0.2, 0.25) is 0 Å². The minimum Gasteiger partial charge on any atom is -0.298 e. The number of nitrogens with zero attached hydrogens (tertiary/aromatic N) is 1. The maximum absolute atomic E-state index is 3.36. The van der Waals surface area contributed by atoms with E-state index in [1.807, 2.05) is 34.6 Å². The molecule has 2 heterocycles. The number of fused-ring (bicyclic) bond motifs is 2. The van der Waals surface area contributed by atoms with Crippen molar-refractivity contribution < 1.29 is 0 Å². The van der Waals surface area contributed by atoms with E-state index in [0.717, 1.165) is 11.8 Å². The average molecular weight is 312 g/mol. The van der Waals surface area contributed by atoms with Crippen LogP contribution >= 0.6 is 0 Å². The van der Waals surface area contributed by atoms with E-state index in [1.54, 1.807) is 6.08 Å². The van der Waals surface area contributed by atoms with Crippen molar-refractivity contribution in [2.45, 2.75) is 81.2 Å². The highest BCUT2D eigenvalue weighted by Gasteiger charge is 2.54. The highest BCUT2D eigenvalue weighted by Crippen LogP contribution is 2.52. The summed E-state index contributed by atoms with van der Waals surface area (Å²) < 4.78 is 0. The second kappa shape index (κ2) is 12.9. The lowest BCUT2D eigenvalue weighted by Crippen LogP contribution is -2.49. The molecule has 2 aliphatic heterocycles. The standard InChI is InChI=1S/C12H23N.C3H6.2C2H6.C2H4/c1-11(2,3)10-9-6-7-13(8-9)12(10,4)5;1-3-2;3*1-2/h9-10H,6-8H2,1-5H3;3H,1H2,2H3;2*1-2H3;1-2H2. The van der Waals surface area contributed by atoms with Crippen molar-refractivity contribution in [3.05, 3.63) is 25.8 Å². The van der Waals surface area contributed by atoms with Crippen LogP contribution in [-0.4, -0.2) is 23.5 Å². The van der Waals surface area contributed by atoms with Crippen molar-refractivity contribution >= 4 is 0 Å². The van der Waals surface area contributed by atoms with E-state index in [9.17, 15) is 0 Å². The van der Waals surface area contributed by atoms with Crippen LogP contribution in [0.3, 0.4) is 0 Å². The van der Waals surface area contributed by atoms with Crippen molar-refractivity contribution in [2.75, 3.05) is 13.1 Å². The first kappa shape index (κ1) is 26.3. The van der Waals surface area contributed by atoms with E-state index in [0.29, 0.717) is 11.0 Å². The lowest BCUT2D eigenvalue weighted by molar-refractivity contribution is 0.0389. The molecule has 0 radical (unpaired) electrons. The van der Waals surface area contributed by atoms with Gasteiger partial charge in [-0.2, -0.15) is 0 Å². The normalized spacial score (nSPS) is 26.5. The maximum Gasteiger partial charge on any atom is 0.0189 e. The molecule has 2 bridgehead atoms. The molecule has 0 saturated carbocycles. The van der Waals surface area contributed by atoms with Gasteiger partial charge in [-0.15, -0.1) is 19.7 Å². The molecule has 0 spiro atoms. The summed E-state index contributed by atoms with van der Waals surface area (Å²) in [5, 5.41) is 0. The zero-order chi connectivity index (χ0) is 18.6. The maximum atomic E-state index is 3.36. The SMILES string of the molecule is C=C.C=CC.CC.CC.CC(C)(C)C1C2CCN(C2)C1(C)C. The Bertz CT molecular complexity index is 260. The molecule has 2 rings (SSSR count). The van der Waals surface area contributed by atoms with Gasteiger partial charge in [0, 0.05) is 12.1 Å². The largest absolute Gasteiger partial charge is 0.298 e. The van der Waals surface area contributed by atoms with Crippen LogP contribution < -0.4 is 0 Å². The zero-order valence-corrected chi connectivity index (χ0v) is 17.4. The van der Waals surface area contributed by atoms with Gasteiger partial charge in [0.1, 0.15) is 0 Å². The van der Waals surface area contributed by atoms with Crippen molar-refractivity contribution in [1.29, 1.82) is 0 Å². The minimum absolute atomic E-state index is 0.446. The van der Waals surface area contributed by atoms with Gasteiger partial charge >= 0.3 is 0 Å². The van der Waals surface area contributed by atoms with Crippen LogP contribution in [0.5, 0.6) is 0 Å². The summed E-state index contributed by atoms with van der Waals surface area (Å²) in [6.45, 7) is 34.0. The Kier molecular flexibility index (Phi) is 15.5. The molecular weight excluding hydrogens is 266 g/mol. The lowest BCUT2D eigenvalue weighted by Gasteiger charge is -2.46. The summed E-state index contributed by atoms with van der Waals surface area (Å²) in [6, 6.07) is 0. The number of allylic oxidation sites excluding steroid dienone is 1. The molecule has 3 unspecified atom stereocenters. The summed E-state index contributed by atoms with van der Waals surface area (Å²) >= 11 is 0. The predicted octanol–water partition coefficient (Wildman–Crippen LogP) is 6.81. The highest BCUT2D eigenvalue weighted by atomic mass is 15.3. The first-order valence-corrected chi connectivity index (χ1v) is 9.07. The van der Waals surface area contributed by atoms with Gasteiger partial charge in [-0.3, -0.25) is 4.90 Å². The Morgan fingerprint density at radius 1 is 1.05 bits per heavy atom. The molecular formula is C21H45N. The number of hydrogen-bond acceptors (Lipinski definition) is 1. The van der Waals surface area contributed by atoms with Gasteiger partial charge in [0.15, 0.2) is 0 Å². The Morgan fingerprint density at radius 3 is 1.59 bits per heavy atom. The molecule has 3 atom stereocenters. The van der Waals surface area contributed by atoms with E-state index >= 15 is 0 Å². The first-order valence-electron chi connectivity index (χ1n) is 9.07. The van der Waals surface area contributed by atoms with Crippen LogP contribution in [0.4, 0.5) is 0 Å². The summed E-state index contributed by atoms with van der Waals surface area (Å²) in [5.74, 6) is 1.85. The molecule has 2 aliphatic rings. The molecule has 1 nitrogen and oxygen atoms in total. The number of piperidine rings is 1. The average Bonchev–Trinajstić information content (AvgIpc) is 3.03. The lowest BCUT2D eigenvalue weighted by atomic mass is 9.65. The van der Waals surface area contributed by atoms with Crippen molar-refractivity contribution in [2.24, 2.45) is 17.3 Å². The van der Waals surface area contributed by atoms with E-state index in [4.69, 9.17) is 0 Å². The molecule has 0 N–H and O–H groups in total. The van der Waals surface area contributed by atoms with E-state index in [1.165, 1.54) is 19.5 Å². The van der Waals surface area contributed by atoms with Gasteiger partial charge in [0.25, 0.3) is 0 Å². The van der Waals surface area contributed by atoms with E-state index in [2.05, 4.69) is 59.3 Å². The Hall–Kier alpha value is -0.560. The van der Waals surface area contributed by atoms with Gasteiger partial charge in [-0.25, -0.2) is 0 Å². The van der Waals surface area contributed by atoms with Crippen LogP contribution in [0, 0.1) is 17.3 Å². The monoisotopic (exact) mass is 311 g/mol. The molecule has 0 aliphatic carbocycles. The fourth-order valence-electron chi connectivity index (χ4n) is 4.12. The number of rotatable bonds is 0. The molecule has 2 saturated heterocycles. The molecule has 2 fully saturated rings. The van der Waals surface area contributed by atoms with Crippen molar-refractivity contribution in [1.82, 2.24) is 4.90 Å². The fraction of sp³-hybridized carbons (Fsp3) is 0.810. The molecule has 0 amide bonds. The molecule has 134 valence electrons. The van der Waals surface area contributed by atoms with Crippen LogP contribution in [0.1, 0.15) is 75.7 Å². The van der Waals surface area contributed by atoms with Gasteiger partial charge in [0.2, 0.25) is 0 Å². The Balaban J connectivity index is -0.000000344. The van der Waals surface area contributed by atoms with Gasteiger partial charge in [-0.05, 0) is 51.0 Å². The minimum atomic E-state index is 0.446. The summed E-state index contributed by atoms with van der Waals surface area (Å²) in [4.78, 5) is 2.69. The first-order chi connectivity index (χ1) is 10.2. The third kappa shape index (κ3) is 7.13. The molecule has 1 heteroatoms. The zero-order valence-electron chi connectivity index (χ0n) is 17.4. The van der Waals surface area contributed by atoms with Crippen LogP contribution in [-0.2, 0) is 0 Å². The summed E-state index contributed by atoms with van der Waals surface area (Å²) in [5.41, 5.74) is 0.921. The smallest absolute Gasteiger partial charge is 0.0189 e. The third-order valence-electron chi connectivity index (χ3n) is 4.21. The molecule has 22 heavy (non-hydrogen) atoms.